The Morgan fingerprint density at radius 2 is 1.48 bits per heavy atom. The number of carbonyl (C=O) groups is 2. The lowest BCUT2D eigenvalue weighted by Crippen LogP contribution is -2.32. The lowest BCUT2D eigenvalue weighted by atomic mass is 9.95. The molecule has 0 aromatic heterocycles. The van der Waals surface area contributed by atoms with Gasteiger partial charge in [0.2, 0.25) is 0 Å². The van der Waals surface area contributed by atoms with Crippen LogP contribution in [-0.2, 0) is 16.2 Å². The molecular weight excluding hydrogens is 528 g/mol. The molecule has 7 nitrogen and oxygen atoms in total. The second-order valence-corrected chi connectivity index (χ2v) is 10.4. The molecule has 1 saturated heterocycles. The van der Waals surface area contributed by atoms with Crippen LogP contribution >= 0.6 is 0 Å². The highest BCUT2D eigenvalue weighted by atomic mass is 16.5. The third-order valence-corrected chi connectivity index (χ3v) is 7.07. The highest BCUT2D eigenvalue weighted by molar-refractivity contribution is 6.46. The lowest BCUT2D eigenvalue weighted by molar-refractivity contribution is -0.139. The predicted octanol–water partition coefficient (Wildman–Crippen LogP) is 6.43. The van der Waals surface area contributed by atoms with Gasteiger partial charge in [0, 0.05) is 12.1 Å². The van der Waals surface area contributed by atoms with E-state index in [0.29, 0.717) is 47.9 Å². The SMILES string of the molecule is CN(C)CCCN1C(=O)C(=O)/C(=C(/O)c2ccc(OCc3ccccc3)cc2)C1c1cccc(Oc2ccccc2)c1. The highest BCUT2D eigenvalue weighted by Crippen LogP contribution is 2.41. The zero-order valence-corrected chi connectivity index (χ0v) is 23.8. The van der Waals surface area contributed by atoms with Gasteiger partial charge in [-0.05, 0) is 86.7 Å². The molecule has 0 saturated carbocycles. The largest absolute Gasteiger partial charge is 0.507 e. The van der Waals surface area contributed by atoms with Gasteiger partial charge in [0.15, 0.2) is 0 Å². The first-order valence-electron chi connectivity index (χ1n) is 13.9. The number of nitrogens with zero attached hydrogens (tertiary/aromatic N) is 2. The summed E-state index contributed by atoms with van der Waals surface area (Å²) in [4.78, 5) is 30.3. The van der Waals surface area contributed by atoms with Crippen LogP contribution in [0.2, 0.25) is 0 Å². The number of ketones is 1. The maximum atomic E-state index is 13.4. The molecule has 1 aliphatic heterocycles. The topological polar surface area (TPSA) is 79.3 Å². The minimum absolute atomic E-state index is 0.0552. The van der Waals surface area contributed by atoms with Gasteiger partial charge in [-0.3, -0.25) is 9.59 Å². The van der Waals surface area contributed by atoms with Gasteiger partial charge >= 0.3 is 0 Å². The Kier molecular flexibility index (Phi) is 8.99. The van der Waals surface area contributed by atoms with E-state index in [9.17, 15) is 14.7 Å². The average molecular weight is 563 g/mol. The predicted molar refractivity (Wildman–Crippen MR) is 162 cm³/mol. The number of hydrogen-bond donors (Lipinski definition) is 1. The van der Waals surface area contributed by atoms with Crippen molar-refractivity contribution in [3.8, 4) is 17.2 Å². The molecule has 4 aromatic carbocycles. The van der Waals surface area contributed by atoms with E-state index in [4.69, 9.17) is 9.47 Å². The molecular formula is C35H34N2O5. The fraction of sp³-hybridized carbons (Fsp3) is 0.200. The van der Waals surface area contributed by atoms with E-state index in [2.05, 4.69) is 0 Å². The van der Waals surface area contributed by atoms with E-state index in [1.165, 1.54) is 0 Å². The monoisotopic (exact) mass is 562 g/mol. The molecule has 1 fully saturated rings. The summed E-state index contributed by atoms with van der Waals surface area (Å²) < 4.78 is 11.9. The van der Waals surface area contributed by atoms with Crippen molar-refractivity contribution in [3.05, 3.63) is 131 Å². The summed E-state index contributed by atoms with van der Waals surface area (Å²) in [6, 6.07) is 32.6. The standard InChI is InChI=1S/C35H34N2O5/c1-36(2)21-10-22-37-32(27-13-9-16-30(23-27)42-29-14-7-4-8-15-29)31(34(39)35(37)40)33(38)26-17-19-28(20-18-26)41-24-25-11-5-3-6-12-25/h3-9,11-20,23,32,38H,10,21-22,24H2,1-2H3/b33-31+. The number of benzene rings is 4. The second kappa shape index (κ2) is 13.2. The summed E-state index contributed by atoms with van der Waals surface area (Å²) in [5.41, 5.74) is 2.20. The van der Waals surface area contributed by atoms with Gasteiger partial charge in [-0.2, -0.15) is 0 Å². The molecule has 0 radical (unpaired) electrons. The van der Waals surface area contributed by atoms with Crippen molar-refractivity contribution in [2.45, 2.75) is 19.1 Å². The van der Waals surface area contributed by atoms with Crippen molar-refractivity contribution in [2.75, 3.05) is 27.2 Å². The zero-order chi connectivity index (χ0) is 29.5. The molecule has 7 heteroatoms. The van der Waals surface area contributed by atoms with Crippen molar-refractivity contribution < 1.29 is 24.2 Å². The number of aliphatic hydroxyl groups excluding tert-OH is 1. The van der Waals surface area contributed by atoms with Gasteiger partial charge in [0.1, 0.15) is 29.6 Å². The Balaban J connectivity index is 1.46. The van der Waals surface area contributed by atoms with Gasteiger partial charge in [-0.15, -0.1) is 0 Å². The Labute approximate surface area is 246 Å². The van der Waals surface area contributed by atoms with Crippen LogP contribution < -0.4 is 9.47 Å². The van der Waals surface area contributed by atoms with Crippen LogP contribution in [-0.4, -0.2) is 53.8 Å². The molecule has 1 amide bonds. The second-order valence-electron chi connectivity index (χ2n) is 10.4. The molecule has 1 atom stereocenters. The van der Waals surface area contributed by atoms with E-state index < -0.39 is 17.7 Å². The van der Waals surface area contributed by atoms with Crippen LogP contribution in [0.1, 0.15) is 29.2 Å². The minimum atomic E-state index is -0.763. The van der Waals surface area contributed by atoms with Crippen LogP contribution in [0, 0.1) is 0 Å². The van der Waals surface area contributed by atoms with Crippen molar-refractivity contribution in [2.24, 2.45) is 0 Å². The molecule has 1 heterocycles. The first-order chi connectivity index (χ1) is 20.4. The van der Waals surface area contributed by atoms with Crippen molar-refractivity contribution >= 4 is 17.4 Å². The number of Topliss-reactive ketones (excluding diaryl/α,β-unsaturated/α-hetero) is 1. The number of amides is 1. The smallest absolute Gasteiger partial charge is 0.295 e. The Morgan fingerprint density at radius 1 is 0.810 bits per heavy atom. The Morgan fingerprint density at radius 3 is 2.17 bits per heavy atom. The summed E-state index contributed by atoms with van der Waals surface area (Å²) >= 11 is 0. The fourth-order valence-corrected chi connectivity index (χ4v) is 4.99. The number of aliphatic hydroxyl groups is 1. The third-order valence-electron chi connectivity index (χ3n) is 7.07. The molecule has 4 aromatic rings. The first-order valence-corrected chi connectivity index (χ1v) is 13.9. The molecule has 0 spiro atoms. The number of para-hydroxylation sites is 1. The minimum Gasteiger partial charge on any atom is -0.507 e. The van der Waals surface area contributed by atoms with Gasteiger partial charge in [0.05, 0.1) is 11.6 Å². The molecule has 5 rings (SSSR count). The van der Waals surface area contributed by atoms with Gasteiger partial charge < -0.3 is 24.4 Å². The summed E-state index contributed by atoms with van der Waals surface area (Å²) in [6.07, 6.45) is 0.671. The molecule has 1 N–H and O–H groups in total. The summed E-state index contributed by atoms with van der Waals surface area (Å²) in [6.45, 7) is 1.52. The number of likely N-dealkylation sites (tertiary alicyclic amines) is 1. The van der Waals surface area contributed by atoms with Crippen molar-refractivity contribution in [3.63, 3.8) is 0 Å². The van der Waals surface area contributed by atoms with Crippen molar-refractivity contribution in [1.29, 1.82) is 0 Å². The molecule has 214 valence electrons. The molecule has 42 heavy (non-hydrogen) atoms. The van der Waals surface area contributed by atoms with Crippen LogP contribution in [0.4, 0.5) is 0 Å². The molecule has 0 bridgehead atoms. The van der Waals surface area contributed by atoms with Crippen molar-refractivity contribution in [1.82, 2.24) is 9.80 Å². The summed E-state index contributed by atoms with van der Waals surface area (Å²) in [7, 11) is 3.92. The highest BCUT2D eigenvalue weighted by Gasteiger charge is 2.45. The van der Waals surface area contributed by atoms with E-state index in [0.717, 1.165) is 12.1 Å². The van der Waals surface area contributed by atoms with E-state index in [1.807, 2.05) is 104 Å². The lowest BCUT2D eigenvalue weighted by Gasteiger charge is -2.26. The van der Waals surface area contributed by atoms with Crippen LogP contribution in [0.3, 0.4) is 0 Å². The normalized spacial score (nSPS) is 16.2. The maximum Gasteiger partial charge on any atom is 0.295 e. The Hall–Kier alpha value is -4.88. The quantitative estimate of drug-likeness (QED) is 0.129. The van der Waals surface area contributed by atoms with Crippen LogP contribution in [0.5, 0.6) is 17.2 Å². The number of hydrogen-bond acceptors (Lipinski definition) is 6. The number of carbonyl (C=O) groups excluding carboxylic acids is 2. The van der Waals surface area contributed by atoms with E-state index >= 15 is 0 Å². The van der Waals surface area contributed by atoms with E-state index in [-0.39, 0.29) is 11.3 Å². The third kappa shape index (κ3) is 6.70. The maximum absolute atomic E-state index is 13.4. The number of rotatable bonds is 11. The zero-order valence-electron chi connectivity index (χ0n) is 23.8. The first kappa shape index (κ1) is 28.6. The summed E-state index contributed by atoms with van der Waals surface area (Å²) in [5, 5.41) is 11.5. The molecule has 1 unspecified atom stereocenters. The Bertz CT molecular complexity index is 1550. The van der Waals surface area contributed by atoms with Gasteiger partial charge in [0.25, 0.3) is 11.7 Å². The molecule has 0 aliphatic carbocycles. The average Bonchev–Trinajstić information content (AvgIpc) is 3.26. The van der Waals surface area contributed by atoms with Crippen LogP contribution in [0.15, 0.2) is 115 Å². The number of ether oxygens (including phenoxy) is 2. The molecule has 1 aliphatic rings. The van der Waals surface area contributed by atoms with E-state index in [1.54, 1.807) is 29.2 Å². The summed E-state index contributed by atoms with van der Waals surface area (Å²) in [5.74, 6) is 0.305. The van der Waals surface area contributed by atoms with Gasteiger partial charge in [-0.1, -0.05) is 60.7 Å². The van der Waals surface area contributed by atoms with Gasteiger partial charge in [-0.25, -0.2) is 0 Å². The van der Waals surface area contributed by atoms with Crippen LogP contribution in [0.25, 0.3) is 5.76 Å². The fourth-order valence-electron chi connectivity index (χ4n) is 4.99.